The molecule has 6 heteroatoms. The van der Waals surface area contributed by atoms with Gasteiger partial charge >= 0.3 is 0 Å². The van der Waals surface area contributed by atoms with E-state index in [1.165, 1.54) is 0 Å². The van der Waals surface area contributed by atoms with Crippen molar-refractivity contribution in [2.75, 3.05) is 19.8 Å². The average Bonchev–Trinajstić information content (AvgIpc) is 2.66. The number of nitrogens with zero attached hydrogens (tertiary/aromatic N) is 1. The molecule has 0 bridgehead atoms. The lowest BCUT2D eigenvalue weighted by Crippen LogP contribution is -2.17. The molecular weight excluding hydrogens is 409 g/mol. The summed E-state index contributed by atoms with van der Waals surface area (Å²) in [7, 11) is 0. The molecule has 0 heterocycles. The molecule has 0 saturated carbocycles. The third-order valence-corrected chi connectivity index (χ3v) is 4.94. The van der Waals surface area contributed by atoms with Crippen molar-refractivity contribution in [1.82, 2.24) is 0 Å². The monoisotopic (exact) mass is 443 g/mol. The molecule has 0 N–H and O–H groups in total. The highest BCUT2D eigenvalue weighted by molar-refractivity contribution is 6.55. The molecule has 0 radical (unpaired) electrons. The van der Waals surface area contributed by atoms with E-state index >= 15 is 0 Å². The zero-order valence-corrected chi connectivity index (χ0v) is 20.1. The second-order valence-corrected chi connectivity index (χ2v) is 8.91. The van der Waals surface area contributed by atoms with Crippen molar-refractivity contribution in [3.63, 3.8) is 0 Å². The Morgan fingerprint density at radius 3 is 2.10 bits per heavy atom. The van der Waals surface area contributed by atoms with E-state index in [1.807, 2.05) is 19.1 Å². The van der Waals surface area contributed by atoms with Crippen molar-refractivity contribution < 1.29 is 14.3 Å². The van der Waals surface area contributed by atoms with Gasteiger partial charge in [0.05, 0.1) is 12.3 Å². The van der Waals surface area contributed by atoms with E-state index in [1.54, 1.807) is 6.08 Å². The van der Waals surface area contributed by atoms with Crippen molar-refractivity contribution in [3.8, 4) is 11.5 Å². The van der Waals surface area contributed by atoms with Crippen molar-refractivity contribution >= 4 is 28.9 Å². The lowest BCUT2D eigenvalue weighted by molar-refractivity contribution is 0.132. The molecule has 29 heavy (non-hydrogen) atoms. The number of aryl methyl sites for hydroxylation is 2. The number of hydrogen-bond acceptors (Lipinski definition) is 4. The van der Waals surface area contributed by atoms with Crippen LogP contribution in [0.5, 0.6) is 11.5 Å². The van der Waals surface area contributed by atoms with Crippen LogP contribution in [0, 0.1) is 5.41 Å². The summed E-state index contributed by atoms with van der Waals surface area (Å²) in [5.41, 5.74) is 3.32. The number of rotatable bonds is 12. The van der Waals surface area contributed by atoms with Crippen molar-refractivity contribution in [3.05, 3.63) is 33.8 Å². The summed E-state index contributed by atoms with van der Waals surface area (Å²) in [4.78, 5) is 5.43. The molecule has 0 unspecified atom stereocenters. The van der Waals surface area contributed by atoms with Crippen LogP contribution in [0.2, 0.25) is 0 Å². The van der Waals surface area contributed by atoms with Gasteiger partial charge in [0.1, 0.15) is 29.2 Å². The predicted octanol–water partition coefficient (Wildman–Crippen LogP) is 7.11. The summed E-state index contributed by atoms with van der Waals surface area (Å²) in [5.74, 6) is 1.77. The van der Waals surface area contributed by atoms with E-state index in [4.69, 9.17) is 37.5 Å². The Bertz CT molecular complexity index is 665. The fraction of sp³-hybridized carbons (Fsp3) is 0.609. The predicted molar refractivity (Wildman–Crippen MR) is 124 cm³/mol. The lowest BCUT2D eigenvalue weighted by Gasteiger charge is -2.17. The first-order chi connectivity index (χ1) is 13.7. The minimum Gasteiger partial charge on any atom is -0.493 e. The molecule has 0 saturated heterocycles. The molecule has 164 valence electrons. The molecule has 0 amide bonds. The molecule has 0 aliphatic heterocycles. The van der Waals surface area contributed by atoms with Crippen LogP contribution >= 0.6 is 23.2 Å². The maximum atomic E-state index is 6.13. The van der Waals surface area contributed by atoms with E-state index in [-0.39, 0.29) is 9.91 Å². The Balaban J connectivity index is 2.57. The minimum atomic E-state index is 0.0403. The van der Waals surface area contributed by atoms with Gasteiger partial charge in [0.25, 0.3) is 0 Å². The smallest absolute Gasteiger partial charge is 0.125 e. The van der Waals surface area contributed by atoms with Gasteiger partial charge in [-0.3, -0.25) is 0 Å². The van der Waals surface area contributed by atoms with E-state index in [0.29, 0.717) is 19.8 Å². The Morgan fingerprint density at radius 1 is 1.00 bits per heavy atom. The van der Waals surface area contributed by atoms with Gasteiger partial charge in [0, 0.05) is 5.41 Å². The lowest BCUT2D eigenvalue weighted by atomic mass is 9.91. The zero-order valence-electron chi connectivity index (χ0n) is 18.6. The largest absolute Gasteiger partial charge is 0.493 e. The maximum absolute atomic E-state index is 6.13. The standard InChI is InChI=1S/C23H35Cl2NO3/c1-7-18-15-20(27-14-11-21(24)25)16-19(8-2)22(18)28-12-9-10-13-29-26-17(3)23(4,5)6/h11,15-16H,7-10,12-14H2,1-6H3/b26-17+. The Hall–Kier alpha value is -1.39. The van der Waals surface area contributed by atoms with Crippen LogP contribution in [-0.4, -0.2) is 25.5 Å². The van der Waals surface area contributed by atoms with Gasteiger partial charge in [-0.25, -0.2) is 0 Å². The van der Waals surface area contributed by atoms with Crippen LogP contribution in [0.25, 0.3) is 0 Å². The second-order valence-electron chi connectivity index (χ2n) is 7.90. The first-order valence-electron chi connectivity index (χ1n) is 10.3. The number of hydrogen-bond donors (Lipinski definition) is 0. The van der Waals surface area contributed by atoms with Crippen LogP contribution in [0.4, 0.5) is 0 Å². The molecule has 0 fully saturated rings. The molecule has 1 aromatic rings. The number of halogens is 2. The molecule has 0 aromatic heterocycles. The summed E-state index contributed by atoms with van der Waals surface area (Å²) in [6.07, 6.45) is 5.18. The van der Waals surface area contributed by atoms with Gasteiger partial charge < -0.3 is 14.3 Å². The first kappa shape index (κ1) is 25.6. The fourth-order valence-corrected chi connectivity index (χ4v) is 2.57. The van der Waals surface area contributed by atoms with E-state index in [9.17, 15) is 0 Å². The highest BCUT2D eigenvalue weighted by Gasteiger charge is 2.14. The molecule has 0 atom stereocenters. The summed E-state index contributed by atoms with van der Waals surface area (Å²) >= 11 is 11.3. The molecular formula is C23H35Cl2NO3. The summed E-state index contributed by atoms with van der Waals surface area (Å²) in [6, 6.07) is 4.05. The van der Waals surface area contributed by atoms with Crippen molar-refractivity contribution in [1.29, 1.82) is 0 Å². The minimum absolute atomic E-state index is 0.0403. The van der Waals surface area contributed by atoms with Crippen molar-refractivity contribution in [2.24, 2.45) is 10.6 Å². The van der Waals surface area contributed by atoms with Gasteiger partial charge in [-0.2, -0.15) is 0 Å². The summed E-state index contributed by atoms with van der Waals surface area (Å²) < 4.78 is 12.1. The number of benzene rings is 1. The Labute approximate surface area is 186 Å². The number of unbranched alkanes of at least 4 members (excludes halogenated alkanes) is 1. The molecule has 1 aromatic carbocycles. The Kier molecular flexibility index (Phi) is 11.5. The van der Waals surface area contributed by atoms with Crippen LogP contribution in [0.1, 0.15) is 65.5 Å². The SMILES string of the molecule is CCc1cc(OCC=C(Cl)Cl)cc(CC)c1OCCCCO/N=C(\C)C(C)(C)C. The highest BCUT2D eigenvalue weighted by atomic mass is 35.5. The van der Waals surface area contributed by atoms with Gasteiger partial charge in [0.2, 0.25) is 0 Å². The molecule has 0 aliphatic carbocycles. The maximum Gasteiger partial charge on any atom is 0.125 e. The fourth-order valence-electron chi connectivity index (χ4n) is 2.44. The summed E-state index contributed by atoms with van der Waals surface area (Å²) in [6.45, 7) is 14.2. The van der Waals surface area contributed by atoms with Crippen molar-refractivity contribution in [2.45, 2.75) is 67.2 Å². The number of ether oxygens (including phenoxy) is 2. The van der Waals surface area contributed by atoms with Crippen LogP contribution < -0.4 is 9.47 Å². The van der Waals surface area contributed by atoms with Gasteiger partial charge in [0.15, 0.2) is 0 Å². The van der Waals surface area contributed by atoms with Crippen LogP contribution in [0.15, 0.2) is 27.9 Å². The average molecular weight is 444 g/mol. The first-order valence-corrected chi connectivity index (χ1v) is 11.0. The van der Waals surface area contributed by atoms with E-state index in [2.05, 4.69) is 39.8 Å². The normalized spacial score (nSPS) is 11.9. The molecule has 0 aliphatic rings. The third-order valence-electron chi connectivity index (χ3n) is 4.63. The highest BCUT2D eigenvalue weighted by Crippen LogP contribution is 2.31. The Morgan fingerprint density at radius 2 is 1.59 bits per heavy atom. The molecule has 0 spiro atoms. The van der Waals surface area contributed by atoms with Crippen LogP contribution in [-0.2, 0) is 17.7 Å². The topological polar surface area (TPSA) is 40.0 Å². The molecule has 1 rings (SSSR count). The molecule has 4 nitrogen and oxygen atoms in total. The third kappa shape index (κ3) is 9.77. The number of oxime groups is 1. The van der Waals surface area contributed by atoms with E-state index < -0.39 is 0 Å². The van der Waals surface area contributed by atoms with E-state index in [0.717, 1.165) is 54.0 Å². The van der Waals surface area contributed by atoms with Gasteiger partial charge in [-0.15, -0.1) is 0 Å². The van der Waals surface area contributed by atoms with Gasteiger partial charge in [-0.1, -0.05) is 63.0 Å². The van der Waals surface area contributed by atoms with Crippen LogP contribution in [0.3, 0.4) is 0 Å². The zero-order chi connectivity index (χ0) is 21.9. The summed E-state index contributed by atoms with van der Waals surface area (Å²) in [5, 5.41) is 4.19. The quantitative estimate of drug-likeness (QED) is 0.196. The van der Waals surface area contributed by atoms with Gasteiger partial charge in [-0.05, 0) is 61.9 Å². The second kappa shape index (κ2) is 13.0.